The normalized spacial score (nSPS) is 10.3. The maximum absolute atomic E-state index is 13.7. The SMILES string of the molecule is COc1ccc(O)c(C(=O)c2ccc(Cl)cc2F)c1. The zero-order chi connectivity index (χ0) is 14.0. The summed E-state index contributed by atoms with van der Waals surface area (Å²) in [5.41, 5.74) is -0.187. The van der Waals surface area contributed by atoms with E-state index in [4.69, 9.17) is 16.3 Å². The summed E-state index contributed by atoms with van der Waals surface area (Å²) in [6, 6.07) is 7.91. The van der Waals surface area contributed by atoms with Gasteiger partial charge in [-0.1, -0.05) is 11.6 Å². The van der Waals surface area contributed by atoms with Crippen LogP contribution in [0.5, 0.6) is 11.5 Å². The molecule has 0 atom stereocenters. The third-order valence-electron chi connectivity index (χ3n) is 2.62. The molecule has 0 saturated carbocycles. The number of phenols is 1. The van der Waals surface area contributed by atoms with E-state index >= 15 is 0 Å². The molecule has 0 aliphatic carbocycles. The van der Waals surface area contributed by atoms with Gasteiger partial charge in [-0.3, -0.25) is 4.79 Å². The van der Waals surface area contributed by atoms with Gasteiger partial charge in [0.2, 0.25) is 0 Å². The van der Waals surface area contributed by atoms with Crippen LogP contribution in [0.2, 0.25) is 5.02 Å². The maximum Gasteiger partial charge on any atom is 0.199 e. The molecule has 0 aliphatic heterocycles. The van der Waals surface area contributed by atoms with E-state index in [0.717, 1.165) is 6.07 Å². The molecule has 0 unspecified atom stereocenters. The summed E-state index contributed by atoms with van der Waals surface area (Å²) >= 11 is 5.63. The van der Waals surface area contributed by atoms with Crippen LogP contribution in [-0.4, -0.2) is 18.0 Å². The third kappa shape index (κ3) is 2.69. The van der Waals surface area contributed by atoms with Gasteiger partial charge in [0.25, 0.3) is 0 Å². The lowest BCUT2D eigenvalue weighted by atomic mass is 10.0. The van der Waals surface area contributed by atoms with E-state index in [1.54, 1.807) is 0 Å². The highest BCUT2D eigenvalue weighted by Gasteiger charge is 2.18. The molecule has 0 saturated heterocycles. The smallest absolute Gasteiger partial charge is 0.199 e. The lowest BCUT2D eigenvalue weighted by molar-refractivity contribution is 0.103. The van der Waals surface area contributed by atoms with Crippen LogP contribution < -0.4 is 4.74 Å². The minimum atomic E-state index is -0.736. The summed E-state index contributed by atoms with van der Waals surface area (Å²) in [4.78, 5) is 12.2. The number of benzene rings is 2. The predicted molar refractivity (Wildman–Crippen MR) is 69.5 cm³/mol. The Hall–Kier alpha value is -2.07. The molecule has 98 valence electrons. The molecule has 3 nitrogen and oxygen atoms in total. The Kier molecular flexibility index (Phi) is 3.71. The van der Waals surface area contributed by atoms with Crippen molar-refractivity contribution >= 4 is 17.4 Å². The molecular formula is C14H10ClFO3. The van der Waals surface area contributed by atoms with Crippen LogP contribution in [0.25, 0.3) is 0 Å². The van der Waals surface area contributed by atoms with Crippen molar-refractivity contribution in [3.63, 3.8) is 0 Å². The summed E-state index contributed by atoms with van der Waals surface area (Å²) in [6.07, 6.45) is 0. The molecule has 0 aromatic heterocycles. The van der Waals surface area contributed by atoms with Crippen LogP contribution >= 0.6 is 11.6 Å². The summed E-state index contributed by atoms with van der Waals surface area (Å²) in [5.74, 6) is -1.21. The molecule has 0 aliphatic rings. The van der Waals surface area contributed by atoms with E-state index in [9.17, 15) is 14.3 Å². The first-order chi connectivity index (χ1) is 9.02. The van der Waals surface area contributed by atoms with Gasteiger partial charge < -0.3 is 9.84 Å². The van der Waals surface area contributed by atoms with Crippen molar-refractivity contribution in [1.29, 1.82) is 0 Å². The van der Waals surface area contributed by atoms with Crippen molar-refractivity contribution in [1.82, 2.24) is 0 Å². The van der Waals surface area contributed by atoms with Crippen LogP contribution in [0.1, 0.15) is 15.9 Å². The van der Waals surface area contributed by atoms with Crippen molar-refractivity contribution in [3.05, 3.63) is 58.4 Å². The van der Waals surface area contributed by atoms with Crippen molar-refractivity contribution in [2.24, 2.45) is 0 Å². The molecule has 0 heterocycles. The number of methoxy groups -OCH3 is 1. The zero-order valence-corrected chi connectivity index (χ0v) is 10.7. The average Bonchev–Trinajstić information content (AvgIpc) is 2.38. The van der Waals surface area contributed by atoms with Crippen LogP contribution in [0, 0.1) is 5.82 Å². The molecule has 5 heteroatoms. The highest BCUT2D eigenvalue weighted by molar-refractivity contribution is 6.30. The van der Waals surface area contributed by atoms with Crippen molar-refractivity contribution in [2.45, 2.75) is 0 Å². The second-order valence-electron chi connectivity index (χ2n) is 3.84. The Labute approximate surface area is 114 Å². The summed E-state index contributed by atoms with van der Waals surface area (Å²) in [7, 11) is 1.43. The first-order valence-electron chi connectivity index (χ1n) is 5.39. The topological polar surface area (TPSA) is 46.5 Å². The second kappa shape index (κ2) is 5.28. The third-order valence-corrected chi connectivity index (χ3v) is 2.86. The van der Waals surface area contributed by atoms with Crippen LogP contribution in [-0.2, 0) is 0 Å². The van der Waals surface area contributed by atoms with E-state index in [1.165, 1.54) is 37.4 Å². The number of carbonyl (C=O) groups excluding carboxylic acids is 1. The van der Waals surface area contributed by atoms with Crippen LogP contribution in [0.3, 0.4) is 0 Å². The number of rotatable bonds is 3. The largest absolute Gasteiger partial charge is 0.507 e. The maximum atomic E-state index is 13.7. The van der Waals surface area contributed by atoms with Crippen molar-refractivity contribution < 1.29 is 19.0 Å². The lowest BCUT2D eigenvalue weighted by Crippen LogP contribution is -2.05. The number of halogens is 2. The molecule has 0 fully saturated rings. The zero-order valence-electron chi connectivity index (χ0n) is 9.98. The number of carbonyl (C=O) groups is 1. The monoisotopic (exact) mass is 280 g/mol. The molecule has 0 bridgehead atoms. The Balaban J connectivity index is 2.49. The quantitative estimate of drug-likeness (QED) is 0.876. The molecular weight excluding hydrogens is 271 g/mol. The number of ether oxygens (including phenoxy) is 1. The average molecular weight is 281 g/mol. The van der Waals surface area contributed by atoms with Gasteiger partial charge in [-0.15, -0.1) is 0 Å². The number of aromatic hydroxyl groups is 1. The molecule has 0 radical (unpaired) electrons. The fraction of sp³-hybridized carbons (Fsp3) is 0.0714. The molecule has 0 spiro atoms. The Morgan fingerprint density at radius 1 is 1.21 bits per heavy atom. The van der Waals surface area contributed by atoms with Gasteiger partial charge >= 0.3 is 0 Å². The van der Waals surface area contributed by atoms with Gasteiger partial charge in [0.05, 0.1) is 18.2 Å². The molecule has 2 rings (SSSR count). The van der Waals surface area contributed by atoms with Crippen molar-refractivity contribution in [3.8, 4) is 11.5 Å². The second-order valence-corrected chi connectivity index (χ2v) is 4.27. The minimum absolute atomic E-state index is 0.0272. The first kappa shape index (κ1) is 13.4. The van der Waals surface area contributed by atoms with Crippen LogP contribution in [0.15, 0.2) is 36.4 Å². The Bertz CT molecular complexity index is 641. The molecule has 19 heavy (non-hydrogen) atoms. The standard InChI is InChI=1S/C14H10ClFO3/c1-19-9-3-5-13(17)11(7-9)14(18)10-4-2-8(15)6-12(10)16/h2-7,17H,1H3. The van der Waals surface area contributed by atoms with E-state index in [2.05, 4.69) is 0 Å². The molecule has 1 N–H and O–H groups in total. The first-order valence-corrected chi connectivity index (χ1v) is 5.77. The van der Waals surface area contributed by atoms with Crippen molar-refractivity contribution in [2.75, 3.05) is 7.11 Å². The molecule has 2 aromatic carbocycles. The van der Waals surface area contributed by atoms with Crippen LogP contribution in [0.4, 0.5) is 4.39 Å². The van der Waals surface area contributed by atoms with Gasteiger partial charge in [0.15, 0.2) is 5.78 Å². The van der Waals surface area contributed by atoms with Gasteiger partial charge in [-0.05, 0) is 36.4 Å². The van der Waals surface area contributed by atoms with E-state index < -0.39 is 11.6 Å². The highest BCUT2D eigenvalue weighted by atomic mass is 35.5. The van der Waals surface area contributed by atoms with E-state index in [0.29, 0.717) is 5.75 Å². The fourth-order valence-electron chi connectivity index (χ4n) is 1.64. The summed E-state index contributed by atoms with van der Waals surface area (Å²) in [6.45, 7) is 0. The van der Waals surface area contributed by atoms with Gasteiger partial charge in [0.1, 0.15) is 17.3 Å². The molecule has 0 amide bonds. The minimum Gasteiger partial charge on any atom is -0.507 e. The summed E-state index contributed by atoms with van der Waals surface area (Å²) in [5, 5.41) is 9.88. The number of hydrogen-bond donors (Lipinski definition) is 1. The van der Waals surface area contributed by atoms with Gasteiger partial charge in [0, 0.05) is 5.02 Å². The fourth-order valence-corrected chi connectivity index (χ4v) is 1.80. The lowest BCUT2D eigenvalue weighted by Gasteiger charge is -2.07. The number of hydrogen-bond acceptors (Lipinski definition) is 3. The summed E-state index contributed by atoms with van der Waals surface area (Å²) < 4.78 is 18.6. The Morgan fingerprint density at radius 3 is 2.58 bits per heavy atom. The van der Waals surface area contributed by atoms with E-state index in [1.807, 2.05) is 0 Å². The number of phenolic OH excluding ortho intramolecular Hbond substituents is 1. The molecule has 2 aromatic rings. The predicted octanol–water partition coefficient (Wildman–Crippen LogP) is 3.42. The van der Waals surface area contributed by atoms with E-state index in [-0.39, 0.29) is 21.9 Å². The Morgan fingerprint density at radius 2 is 1.95 bits per heavy atom. The van der Waals surface area contributed by atoms with Gasteiger partial charge in [-0.25, -0.2) is 4.39 Å². The van der Waals surface area contributed by atoms with Gasteiger partial charge in [-0.2, -0.15) is 0 Å². The number of ketones is 1. The highest BCUT2D eigenvalue weighted by Crippen LogP contribution is 2.26.